The first kappa shape index (κ1) is 14.7. The SMILES string of the molecule is O=C(N[C@H]1CCO[C@@H](c2ccccc2)C1)N1CCSCC1. The van der Waals surface area contributed by atoms with Crippen molar-refractivity contribution >= 4 is 17.8 Å². The van der Waals surface area contributed by atoms with Crippen molar-refractivity contribution in [1.82, 2.24) is 10.2 Å². The van der Waals surface area contributed by atoms with Crippen LogP contribution in [-0.4, -0.2) is 48.2 Å². The summed E-state index contributed by atoms with van der Waals surface area (Å²) >= 11 is 1.92. The highest BCUT2D eigenvalue weighted by Crippen LogP contribution is 2.28. The van der Waals surface area contributed by atoms with Gasteiger partial charge in [0.2, 0.25) is 0 Å². The molecule has 2 amide bonds. The summed E-state index contributed by atoms with van der Waals surface area (Å²) in [6.07, 6.45) is 1.86. The molecule has 0 unspecified atom stereocenters. The molecule has 21 heavy (non-hydrogen) atoms. The van der Waals surface area contributed by atoms with E-state index < -0.39 is 0 Å². The summed E-state index contributed by atoms with van der Waals surface area (Å²) in [4.78, 5) is 14.2. The van der Waals surface area contributed by atoms with Crippen LogP contribution >= 0.6 is 11.8 Å². The van der Waals surface area contributed by atoms with Crippen molar-refractivity contribution in [2.24, 2.45) is 0 Å². The highest BCUT2D eigenvalue weighted by molar-refractivity contribution is 7.99. The molecule has 2 aliphatic rings. The van der Waals surface area contributed by atoms with Crippen molar-refractivity contribution in [3.8, 4) is 0 Å². The van der Waals surface area contributed by atoms with Crippen molar-refractivity contribution < 1.29 is 9.53 Å². The third kappa shape index (κ3) is 3.92. The lowest BCUT2D eigenvalue weighted by Crippen LogP contribution is -2.49. The van der Waals surface area contributed by atoms with Crippen molar-refractivity contribution in [1.29, 1.82) is 0 Å². The Hall–Kier alpha value is -1.20. The predicted molar refractivity (Wildman–Crippen MR) is 85.6 cm³/mol. The van der Waals surface area contributed by atoms with E-state index in [-0.39, 0.29) is 18.2 Å². The number of benzene rings is 1. The lowest BCUT2D eigenvalue weighted by molar-refractivity contribution is 0.00154. The molecule has 0 saturated carbocycles. The summed E-state index contributed by atoms with van der Waals surface area (Å²) in [5.41, 5.74) is 1.20. The van der Waals surface area contributed by atoms with Crippen molar-refractivity contribution in [2.45, 2.75) is 25.0 Å². The maximum atomic E-state index is 12.3. The van der Waals surface area contributed by atoms with E-state index >= 15 is 0 Å². The first-order valence-electron chi connectivity index (χ1n) is 7.62. The average molecular weight is 306 g/mol. The third-order valence-electron chi connectivity index (χ3n) is 4.08. The molecule has 1 N–H and O–H groups in total. The molecule has 2 heterocycles. The normalized spacial score (nSPS) is 26.4. The highest BCUT2D eigenvalue weighted by atomic mass is 32.2. The van der Waals surface area contributed by atoms with Gasteiger partial charge in [0, 0.05) is 37.2 Å². The smallest absolute Gasteiger partial charge is 0.317 e. The van der Waals surface area contributed by atoms with Gasteiger partial charge in [0.15, 0.2) is 0 Å². The van der Waals surface area contributed by atoms with Crippen LogP contribution in [0.4, 0.5) is 4.79 Å². The minimum absolute atomic E-state index is 0.0917. The summed E-state index contributed by atoms with van der Waals surface area (Å²) in [6, 6.07) is 10.6. The second-order valence-electron chi connectivity index (χ2n) is 5.54. The van der Waals surface area contributed by atoms with Crippen LogP contribution in [0.25, 0.3) is 0 Å². The largest absolute Gasteiger partial charge is 0.373 e. The van der Waals surface area contributed by atoms with E-state index in [9.17, 15) is 4.79 Å². The zero-order valence-electron chi connectivity index (χ0n) is 12.2. The Morgan fingerprint density at radius 1 is 1.24 bits per heavy atom. The van der Waals surface area contributed by atoms with Gasteiger partial charge in [-0.1, -0.05) is 30.3 Å². The van der Waals surface area contributed by atoms with Gasteiger partial charge in [0.1, 0.15) is 0 Å². The number of amides is 2. The zero-order chi connectivity index (χ0) is 14.5. The molecule has 0 bridgehead atoms. The molecule has 4 nitrogen and oxygen atoms in total. The highest BCUT2D eigenvalue weighted by Gasteiger charge is 2.26. The van der Waals surface area contributed by atoms with Crippen molar-refractivity contribution in [2.75, 3.05) is 31.2 Å². The number of carbonyl (C=O) groups excluding carboxylic acids is 1. The summed E-state index contributed by atoms with van der Waals surface area (Å²) < 4.78 is 5.85. The van der Waals surface area contributed by atoms with Crippen LogP contribution in [0.3, 0.4) is 0 Å². The van der Waals surface area contributed by atoms with Crippen LogP contribution < -0.4 is 5.32 Å². The van der Waals surface area contributed by atoms with Gasteiger partial charge in [-0.05, 0) is 18.4 Å². The summed E-state index contributed by atoms with van der Waals surface area (Å²) in [7, 11) is 0. The molecule has 1 aromatic carbocycles. The maximum absolute atomic E-state index is 12.3. The Balaban J connectivity index is 1.55. The van der Waals surface area contributed by atoms with Gasteiger partial charge >= 0.3 is 6.03 Å². The lowest BCUT2D eigenvalue weighted by atomic mass is 9.97. The second kappa shape index (κ2) is 7.18. The van der Waals surface area contributed by atoms with Gasteiger partial charge in [-0.2, -0.15) is 11.8 Å². The summed E-state index contributed by atoms with van der Waals surface area (Å²) in [5.74, 6) is 2.10. The maximum Gasteiger partial charge on any atom is 0.317 e. The van der Waals surface area contributed by atoms with Crippen LogP contribution in [0.15, 0.2) is 30.3 Å². The molecule has 0 radical (unpaired) electrons. The fourth-order valence-corrected chi connectivity index (χ4v) is 3.76. The van der Waals surface area contributed by atoms with Gasteiger partial charge in [-0.25, -0.2) is 4.79 Å². The molecule has 1 aromatic rings. The van der Waals surface area contributed by atoms with E-state index in [1.807, 2.05) is 34.9 Å². The second-order valence-corrected chi connectivity index (χ2v) is 6.77. The summed E-state index contributed by atoms with van der Waals surface area (Å²) in [5, 5.41) is 3.19. The minimum Gasteiger partial charge on any atom is -0.373 e. The van der Waals surface area contributed by atoms with Gasteiger partial charge in [0.25, 0.3) is 0 Å². The molecule has 2 atom stereocenters. The van der Waals surface area contributed by atoms with E-state index in [4.69, 9.17) is 4.74 Å². The number of nitrogens with one attached hydrogen (secondary N) is 1. The molecule has 0 aliphatic carbocycles. The number of ether oxygens (including phenoxy) is 1. The van der Waals surface area contributed by atoms with Gasteiger partial charge in [0.05, 0.1) is 6.10 Å². The fourth-order valence-electron chi connectivity index (χ4n) is 2.86. The standard InChI is InChI=1S/C16H22N2O2S/c19-16(18-7-10-21-11-8-18)17-14-6-9-20-15(12-14)13-4-2-1-3-5-13/h1-5,14-15H,6-12H2,(H,17,19)/t14-,15+/m0/s1. The Morgan fingerprint density at radius 3 is 2.76 bits per heavy atom. The number of thioether (sulfide) groups is 1. The number of hydrogen-bond acceptors (Lipinski definition) is 3. The van der Waals surface area contributed by atoms with E-state index in [2.05, 4.69) is 17.4 Å². The van der Waals surface area contributed by atoms with E-state index in [0.717, 1.165) is 37.4 Å². The first-order chi connectivity index (χ1) is 10.3. The lowest BCUT2D eigenvalue weighted by Gasteiger charge is -2.33. The number of urea groups is 1. The monoisotopic (exact) mass is 306 g/mol. The first-order valence-corrected chi connectivity index (χ1v) is 8.78. The van der Waals surface area contributed by atoms with E-state index in [1.54, 1.807) is 0 Å². The van der Waals surface area contributed by atoms with Crippen molar-refractivity contribution in [3.63, 3.8) is 0 Å². The van der Waals surface area contributed by atoms with Crippen LogP contribution in [0.5, 0.6) is 0 Å². The van der Waals surface area contributed by atoms with E-state index in [1.165, 1.54) is 5.56 Å². The molecule has 2 aliphatic heterocycles. The number of rotatable bonds is 2. The number of hydrogen-bond donors (Lipinski definition) is 1. The van der Waals surface area contributed by atoms with Gasteiger partial charge in [-0.3, -0.25) is 0 Å². The summed E-state index contributed by atoms with van der Waals surface area (Å²) in [6.45, 7) is 2.43. The molecular formula is C16H22N2O2S. The van der Waals surface area contributed by atoms with Crippen LogP contribution in [0.1, 0.15) is 24.5 Å². The topological polar surface area (TPSA) is 41.6 Å². The quantitative estimate of drug-likeness (QED) is 0.913. The van der Waals surface area contributed by atoms with E-state index in [0.29, 0.717) is 6.61 Å². The molecular weight excluding hydrogens is 284 g/mol. The Labute approximate surface area is 130 Å². The van der Waals surface area contributed by atoms with Gasteiger partial charge in [-0.15, -0.1) is 0 Å². The molecule has 0 spiro atoms. The number of nitrogens with zero attached hydrogens (tertiary/aromatic N) is 1. The van der Waals surface area contributed by atoms with Crippen molar-refractivity contribution in [3.05, 3.63) is 35.9 Å². The molecule has 5 heteroatoms. The molecule has 0 aromatic heterocycles. The third-order valence-corrected chi connectivity index (χ3v) is 5.02. The van der Waals surface area contributed by atoms with Crippen LogP contribution in [-0.2, 0) is 4.74 Å². The molecule has 2 fully saturated rings. The number of carbonyl (C=O) groups is 1. The Kier molecular flexibility index (Phi) is 5.04. The van der Waals surface area contributed by atoms with Gasteiger partial charge < -0.3 is 15.0 Å². The van der Waals surface area contributed by atoms with Crippen LogP contribution in [0.2, 0.25) is 0 Å². The Bertz CT molecular complexity index is 463. The minimum atomic E-state index is 0.0917. The molecule has 3 rings (SSSR count). The predicted octanol–water partition coefficient (Wildman–Crippen LogP) is 2.67. The molecule has 2 saturated heterocycles. The average Bonchev–Trinajstić information content (AvgIpc) is 2.57. The Morgan fingerprint density at radius 2 is 2.00 bits per heavy atom. The zero-order valence-corrected chi connectivity index (χ0v) is 13.0. The molecule has 114 valence electrons. The van der Waals surface area contributed by atoms with Crippen LogP contribution in [0, 0.1) is 0 Å². The fraction of sp³-hybridized carbons (Fsp3) is 0.562.